The summed E-state index contributed by atoms with van der Waals surface area (Å²) in [5, 5.41) is 2.92. The average Bonchev–Trinajstić information content (AvgIpc) is 2.41. The molecule has 1 aromatic rings. The SMILES string of the molecule is CC1(C)C(=O)NCCN1CC(CN)c1ccccc1. The normalized spacial score (nSPS) is 20.9. The van der Waals surface area contributed by atoms with E-state index in [0.29, 0.717) is 13.1 Å². The second-order valence-electron chi connectivity index (χ2n) is 5.60. The molecule has 1 heterocycles. The molecule has 1 aromatic carbocycles. The van der Waals surface area contributed by atoms with Crippen LogP contribution in [0.5, 0.6) is 0 Å². The predicted molar refractivity (Wildman–Crippen MR) is 76.9 cm³/mol. The second kappa shape index (κ2) is 5.72. The molecule has 0 radical (unpaired) electrons. The van der Waals surface area contributed by atoms with Gasteiger partial charge in [0.05, 0.1) is 5.54 Å². The van der Waals surface area contributed by atoms with Gasteiger partial charge < -0.3 is 11.1 Å². The number of carbonyl (C=O) groups excluding carboxylic acids is 1. The highest BCUT2D eigenvalue weighted by molar-refractivity contribution is 5.86. The third-order valence-electron chi connectivity index (χ3n) is 4.01. The van der Waals surface area contributed by atoms with Gasteiger partial charge in [0, 0.05) is 32.1 Å². The fourth-order valence-corrected chi connectivity index (χ4v) is 2.57. The van der Waals surface area contributed by atoms with E-state index in [-0.39, 0.29) is 11.8 Å². The van der Waals surface area contributed by atoms with E-state index >= 15 is 0 Å². The van der Waals surface area contributed by atoms with Crippen LogP contribution >= 0.6 is 0 Å². The molecule has 1 aliphatic rings. The summed E-state index contributed by atoms with van der Waals surface area (Å²) in [6, 6.07) is 10.3. The van der Waals surface area contributed by atoms with Crippen molar-refractivity contribution >= 4 is 5.91 Å². The Kier molecular flexibility index (Phi) is 4.22. The van der Waals surface area contributed by atoms with Gasteiger partial charge in [-0.3, -0.25) is 9.69 Å². The summed E-state index contributed by atoms with van der Waals surface area (Å²) in [5.41, 5.74) is 6.70. The number of nitrogens with two attached hydrogens (primary N) is 1. The van der Waals surface area contributed by atoms with Crippen LogP contribution in [0.4, 0.5) is 0 Å². The molecule has 0 saturated carbocycles. The van der Waals surface area contributed by atoms with Crippen molar-refractivity contribution in [3.8, 4) is 0 Å². The van der Waals surface area contributed by atoms with E-state index in [1.807, 2.05) is 32.0 Å². The van der Waals surface area contributed by atoms with Gasteiger partial charge in [-0.05, 0) is 19.4 Å². The largest absolute Gasteiger partial charge is 0.353 e. The lowest BCUT2D eigenvalue weighted by Crippen LogP contribution is -2.62. The summed E-state index contributed by atoms with van der Waals surface area (Å²) in [4.78, 5) is 14.2. The summed E-state index contributed by atoms with van der Waals surface area (Å²) in [6.07, 6.45) is 0. The van der Waals surface area contributed by atoms with E-state index in [2.05, 4.69) is 22.3 Å². The number of nitrogens with one attached hydrogen (secondary N) is 1. The standard InChI is InChI=1S/C15H23N3O/c1-15(2)14(19)17-8-9-18(15)11-13(10-16)12-6-4-3-5-7-12/h3-7,13H,8-11,16H2,1-2H3,(H,17,19). The molecule has 0 bridgehead atoms. The first-order valence-electron chi connectivity index (χ1n) is 6.84. The lowest BCUT2D eigenvalue weighted by molar-refractivity contribution is -0.135. The lowest BCUT2D eigenvalue weighted by Gasteiger charge is -2.42. The van der Waals surface area contributed by atoms with Gasteiger partial charge in [-0.2, -0.15) is 0 Å². The molecule has 4 nitrogen and oxygen atoms in total. The third kappa shape index (κ3) is 2.96. The Labute approximate surface area is 115 Å². The number of piperazine rings is 1. The van der Waals surface area contributed by atoms with Crippen molar-refractivity contribution in [1.82, 2.24) is 10.2 Å². The van der Waals surface area contributed by atoms with Gasteiger partial charge in [-0.25, -0.2) is 0 Å². The van der Waals surface area contributed by atoms with E-state index in [0.717, 1.165) is 13.1 Å². The van der Waals surface area contributed by atoms with Crippen LogP contribution in [0.15, 0.2) is 30.3 Å². The van der Waals surface area contributed by atoms with Gasteiger partial charge in [0.1, 0.15) is 0 Å². The van der Waals surface area contributed by atoms with Crippen LogP contribution in [0, 0.1) is 0 Å². The number of benzene rings is 1. The molecule has 1 saturated heterocycles. The van der Waals surface area contributed by atoms with Gasteiger partial charge >= 0.3 is 0 Å². The van der Waals surface area contributed by atoms with Crippen LogP contribution in [0.2, 0.25) is 0 Å². The first kappa shape index (κ1) is 14.0. The summed E-state index contributed by atoms with van der Waals surface area (Å²) >= 11 is 0. The Morgan fingerprint density at radius 1 is 1.37 bits per heavy atom. The van der Waals surface area contributed by atoms with E-state index < -0.39 is 5.54 Å². The van der Waals surface area contributed by atoms with Crippen LogP contribution < -0.4 is 11.1 Å². The lowest BCUT2D eigenvalue weighted by atomic mass is 9.93. The zero-order chi connectivity index (χ0) is 13.9. The summed E-state index contributed by atoms with van der Waals surface area (Å²) < 4.78 is 0. The molecule has 3 N–H and O–H groups in total. The smallest absolute Gasteiger partial charge is 0.239 e. The molecule has 1 aliphatic heterocycles. The maximum absolute atomic E-state index is 11.9. The molecule has 0 aromatic heterocycles. The Morgan fingerprint density at radius 3 is 2.68 bits per heavy atom. The van der Waals surface area contributed by atoms with Crippen molar-refractivity contribution in [3.05, 3.63) is 35.9 Å². The zero-order valence-corrected chi connectivity index (χ0v) is 11.7. The number of hydrogen-bond donors (Lipinski definition) is 2. The minimum absolute atomic E-state index is 0.0996. The first-order chi connectivity index (χ1) is 9.05. The van der Waals surface area contributed by atoms with Crippen LogP contribution in [-0.2, 0) is 4.79 Å². The number of hydrogen-bond acceptors (Lipinski definition) is 3. The minimum Gasteiger partial charge on any atom is -0.353 e. The second-order valence-corrected chi connectivity index (χ2v) is 5.60. The molecule has 0 aliphatic carbocycles. The molecule has 0 spiro atoms. The van der Waals surface area contributed by atoms with Crippen LogP contribution in [-0.4, -0.2) is 42.5 Å². The maximum Gasteiger partial charge on any atom is 0.239 e. The molecular weight excluding hydrogens is 238 g/mol. The van der Waals surface area contributed by atoms with Crippen molar-refractivity contribution in [2.75, 3.05) is 26.2 Å². The van der Waals surface area contributed by atoms with Crippen molar-refractivity contribution < 1.29 is 4.79 Å². The average molecular weight is 261 g/mol. The van der Waals surface area contributed by atoms with Gasteiger partial charge in [-0.15, -0.1) is 0 Å². The number of nitrogens with zero attached hydrogens (tertiary/aromatic N) is 1. The monoisotopic (exact) mass is 261 g/mol. The highest BCUT2D eigenvalue weighted by Crippen LogP contribution is 2.23. The summed E-state index contributed by atoms with van der Waals surface area (Å²) in [5.74, 6) is 0.369. The van der Waals surface area contributed by atoms with Crippen LogP contribution in [0.25, 0.3) is 0 Å². The predicted octanol–water partition coefficient (Wildman–Crippen LogP) is 0.939. The van der Waals surface area contributed by atoms with Gasteiger partial charge in [0.25, 0.3) is 0 Å². The third-order valence-corrected chi connectivity index (χ3v) is 4.01. The number of amides is 1. The quantitative estimate of drug-likeness (QED) is 0.848. The fraction of sp³-hybridized carbons (Fsp3) is 0.533. The highest BCUT2D eigenvalue weighted by Gasteiger charge is 2.38. The Morgan fingerprint density at radius 2 is 2.05 bits per heavy atom. The minimum atomic E-state index is -0.458. The summed E-state index contributed by atoms with van der Waals surface area (Å²) in [7, 11) is 0. The zero-order valence-electron chi connectivity index (χ0n) is 11.7. The van der Waals surface area contributed by atoms with E-state index in [9.17, 15) is 4.79 Å². The van der Waals surface area contributed by atoms with Crippen molar-refractivity contribution in [1.29, 1.82) is 0 Å². The van der Waals surface area contributed by atoms with Crippen molar-refractivity contribution in [3.63, 3.8) is 0 Å². The Hall–Kier alpha value is -1.39. The molecule has 2 rings (SSSR count). The number of rotatable bonds is 4. The van der Waals surface area contributed by atoms with Gasteiger partial charge in [0.2, 0.25) is 5.91 Å². The molecule has 1 unspecified atom stereocenters. The molecule has 104 valence electrons. The maximum atomic E-state index is 11.9. The molecular formula is C15H23N3O. The van der Waals surface area contributed by atoms with Gasteiger partial charge in [-0.1, -0.05) is 30.3 Å². The molecule has 4 heteroatoms. The molecule has 1 atom stereocenters. The van der Waals surface area contributed by atoms with E-state index in [1.54, 1.807) is 0 Å². The Bertz CT molecular complexity index is 430. The van der Waals surface area contributed by atoms with Crippen molar-refractivity contribution in [2.45, 2.75) is 25.3 Å². The van der Waals surface area contributed by atoms with E-state index in [4.69, 9.17) is 5.73 Å². The molecule has 1 fully saturated rings. The van der Waals surface area contributed by atoms with Crippen LogP contribution in [0.1, 0.15) is 25.3 Å². The van der Waals surface area contributed by atoms with Crippen LogP contribution in [0.3, 0.4) is 0 Å². The van der Waals surface area contributed by atoms with E-state index in [1.165, 1.54) is 5.56 Å². The van der Waals surface area contributed by atoms with Crippen molar-refractivity contribution in [2.24, 2.45) is 5.73 Å². The summed E-state index contributed by atoms with van der Waals surface area (Å²) in [6.45, 7) is 6.95. The molecule has 1 amide bonds. The fourth-order valence-electron chi connectivity index (χ4n) is 2.57. The topological polar surface area (TPSA) is 58.4 Å². The Balaban J connectivity index is 2.12. The molecule has 19 heavy (non-hydrogen) atoms. The first-order valence-corrected chi connectivity index (χ1v) is 6.84. The number of carbonyl (C=O) groups is 1. The highest BCUT2D eigenvalue weighted by atomic mass is 16.2. The van der Waals surface area contributed by atoms with Gasteiger partial charge in [0.15, 0.2) is 0 Å².